The molecule has 0 bridgehead atoms. The Kier molecular flexibility index (Phi) is 8.98. The van der Waals surface area contributed by atoms with Gasteiger partial charge in [0.25, 0.3) is 5.91 Å². The first kappa shape index (κ1) is 19.7. The first-order valence-corrected chi connectivity index (χ1v) is 8.06. The van der Waals surface area contributed by atoms with E-state index in [0.717, 1.165) is 5.56 Å². The standard InChI is InChI=1S/C17H26N4O.HI/c1-19-16(22)14-10-8-13(9-11-14)12-20-17(18)21-15-6-4-2-3-5-7-15;/h8-11,15H,2-7,12H2,1H3,(H,19,22)(H3,18,20,21);1H. The lowest BCUT2D eigenvalue weighted by molar-refractivity contribution is 0.0963. The van der Waals surface area contributed by atoms with Crippen molar-refractivity contribution in [2.24, 2.45) is 10.7 Å². The zero-order valence-electron chi connectivity index (χ0n) is 13.7. The Morgan fingerprint density at radius 2 is 1.78 bits per heavy atom. The highest BCUT2D eigenvalue weighted by atomic mass is 127. The van der Waals surface area contributed by atoms with Crippen LogP contribution in [0, 0.1) is 0 Å². The number of carbonyl (C=O) groups is 1. The van der Waals surface area contributed by atoms with E-state index in [9.17, 15) is 4.79 Å². The van der Waals surface area contributed by atoms with Crippen LogP contribution in [-0.4, -0.2) is 25.0 Å². The van der Waals surface area contributed by atoms with Gasteiger partial charge >= 0.3 is 0 Å². The van der Waals surface area contributed by atoms with E-state index in [4.69, 9.17) is 5.73 Å². The highest BCUT2D eigenvalue weighted by molar-refractivity contribution is 14.0. The van der Waals surface area contributed by atoms with Gasteiger partial charge < -0.3 is 16.4 Å². The molecule has 4 N–H and O–H groups in total. The first-order chi connectivity index (χ1) is 10.7. The van der Waals surface area contributed by atoms with Gasteiger partial charge in [-0.15, -0.1) is 24.0 Å². The molecule has 6 heteroatoms. The second-order valence-electron chi connectivity index (χ2n) is 5.81. The molecule has 0 spiro atoms. The Morgan fingerprint density at radius 3 is 2.35 bits per heavy atom. The molecular weight excluding hydrogens is 403 g/mol. The summed E-state index contributed by atoms with van der Waals surface area (Å²) in [6.07, 6.45) is 7.55. The number of guanidine groups is 1. The summed E-state index contributed by atoms with van der Waals surface area (Å²) in [6, 6.07) is 7.89. The van der Waals surface area contributed by atoms with E-state index >= 15 is 0 Å². The lowest BCUT2D eigenvalue weighted by Crippen LogP contribution is -2.39. The Labute approximate surface area is 155 Å². The minimum absolute atomic E-state index is 0. The Hall–Kier alpha value is -1.31. The lowest BCUT2D eigenvalue weighted by atomic mass is 10.1. The third-order valence-electron chi connectivity index (χ3n) is 4.08. The molecule has 0 unspecified atom stereocenters. The van der Waals surface area contributed by atoms with Crippen LogP contribution in [0.3, 0.4) is 0 Å². The molecule has 0 atom stereocenters. The van der Waals surface area contributed by atoms with Crippen molar-refractivity contribution in [3.8, 4) is 0 Å². The third-order valence-corrected chi connectivity index (χ3v) is 4.08. The van der Waals surface area contributed by atoms with E-state index in [1.165, 1.54) is 38.5 Å². The maximum atomic E-state index is 11.5. The smallest absolute Gasteiger partial charge is 0.251 e. The molecule has 1 amide bonds. The van der Waals surface area contributed by atoms with Crippen LogP contribution in [-0.2, 0) is 6.54 Å². The van der Waals surface area contributed by atoms with Crippen LogP contribution in [0.25, 0.3) is 0 Å². The first-order valence-electron chi connectivity index (χ1n) is 8.06. The molecule has 128 valence electrons. The van der Waals surface area contributed by atoms with Crippen molar-refractivity contribution in [1.82, 2.24) is 10.6 Å². The van der Waals surface area contributed by atoms with Crippen LogP contribution < -0.4 is 16.4 Å². The summed E-state index contributed by atoms with van der Waals surface area (Å²) in [5.74, 6) is 0.437. The number of nitrogens with one attached hydrogen (secondary N) is 2. The Bertz CT molecular complexity index is 508. The number of amides is 1. The number of halogens is 1. The maximum Gasteiger partial charge on any atom is 0.251 e. The second kappa shape index (κ2) is 10.5. The molecule has 0 heterocycles. The van der Waals surface area contributed by atoms with Crippen molar-refractivity contribution in [2.75, 3.05) is 7.05 Å². The molecule has 23 heavy (non-hydrogen) atoms. The topological polar surface area (TPSA) is 79.5 Å². The molecule has 1 aliphatic rings. The van der Waals surface area contributed by atoms with Gasteiger partial charge in [-0.3, -0.25) is 4.79 Å². The number of carbonyl (C=O) groups excluding carboxylic acids is 1. The number of nitrogens with two attached hydrogens (primary N) is 1. The normalized spacial score (nSPS) is 16.1. The largest absolute Gasteiger partial charge is 0.370 e. The summed E-state index contributed by atoms with van der Waals surface area (Å²) < 4.78 is 0. The predicted molar refractivity (Wildman–Crippen MR) is 105 cm³/mol. The number of aliphatic imine (C=N–C) groups is 1. The number of benzene rings is 1. The summed E-state index contributed by atoms with van der Waals surface area (Å²) in [7, 11) is 1.63. The molecule has 0 saturated heterocycles. The van der Waals surface area contributed by atoms with Gasteiger partial charge in [0.05, 0.1) is 6.54 Å². The Morgan fingerprint density at radius 1 is 1.17 bits per heavy atom. The van der Waals surface area contributed by atoms with E-state index in [-0.39, 0.29) is 29.9 Å². The van der Waals surface area contributed by atoms with Gasteiger partial charge in [0.2, 0.25) is 0 Å². The zero-order chi connectivity index (χ0) is 15.8. The molecule has 0 aromatic heterocycles. The summed E-state index contributed by atoms with van der Waals surface area (Å²) in [4.78, 5) is 15.9. The SMILES string of the molecule is CNC(=O)c1ccc(CN=C(N)NC2CCCCCC2)cc1.I. The summed E-state index contributed by atoms with van der Waals surface area (Å²) in [5.41, 5.74) is 7.67. The third kappa shape index (κ3) is 6.76. The minimum atomic E-state index is -0.0791. The summed E-state index contributed by atoms with van der Waals surface area (Å²) >= 11 is 0. The van der Waals surface area contributed by atoms with Crippen molar-refractivity contribution in [1.29, 1.82) is 0 Å². The molecule has 5 nitrogen and oxygen atoms in total. The van der Waals surface area contributed by atoms with Gasteiger partial charge in [-0.05, 0) is 30.5 Å². The zero-order valence-corrected chi connectivity index (χ0v) is 16.0. The van der Waals surface area contributed by atoms with Crippen molar-refractivity contribution in [3.63, 3.8) is 0 Å². The van der Waals surface area contributed by atoms with Crippen LogP contribution in [0.5, 0.6) is 0 Å². The van der Waals surface area contributed by atoms with E-state index in [1.54, 1.807) is 19.2 Å². The molecular formula is C17H27IN4O. The number of hydrogen-bond donors (Lipinski definition) is 3. The second-order valence-corrected chi connectivity index (χ2v) is 5.81. The molecule has 1 fully saturated rings. The summed E-state index contributed by atoms with van der Waals surface area (Å²) in [6.45, 7) is 0.527. The van der Waals surface area contributed by atoms with Crippen LogP contribution in [0.2, 0.25) is 0 Å². The van der Waals surface area contributed by atoms with Gasteiger partial charge in [-0.1, -0.05) is 37.8 Å². The van der Waals surface area contributed by atoms with Crippen LogP contribution in [0.1, 0.15) is 54.4 Å². The summed E-state index contributed by atoms with van der Waals surface area (Å²) in [5, 5.41) is 5.94. The number of nitrogens with zero attached hydrogens (tertiary/aromatic N) is 1. The molecule has 1 aromatic carbocycles. The molecule has 1 saturated carbocycles. The van der Waals surface area contributed by atoms with E-state index in [1.807, 2.05) is 12.1 Å². The average Bonchev–Trinajstić information content (AvgIpc) is 2.81. The molecule has 2 rings (SSSR count). The van der Waals surface area contributed by atoms with Gasteiger partial charge in [0.15, 0.2) is 5.96 Å². The quantitative estimate of drug-likeness (QED) is 0.298. The average molecular weight is 430 g/mol. The molecule has 1 aromatic rings. The fraction of sp³-hybridized carbons (Fsp3) is 0.529. The number of hydrogen-bond acceptors (Lipinski definition) is 2. The highest BCUT2D eigenvalue weighted by Crippen LogP contribution is 2.17. The van der Waals surface area contributed by atoms with Crippen LogP contribution in [0.15, 0.2) is 29.3 Å². The molecule has 0 aliphatic heterocycles. The number of rotatable bonds is 4. The maximum absolute atomic E-state index is 11.5. The molecule has 0 radical (unpaired) electrons. The van der Waals surface area contributed by atoms with E-state index in [0.29, 0.717) is 24.1 Å². The van der Waals surface area contributed by atoms with Gasteiger partial charge in [-0.2, -0.15) is 0 Å². The van der Waals surface area contributed by atoms with Crippen molar-refractivity contribution < 1.29 is 4.79 Å². The predicted octanol–water partition coefficient (Wildman–Crippen LogP) is 2.79. The van der Waals surface area contributed by atoms with E-state index < -0.39 is 0 Å². The Balaban J connectivity index is 0.00000264. The lowest BCUT2D eigenvalue weighted by Gasteiger charge is -2.16. The van der Waals surface area contributed by atoms with Crippen molar-refractivity contribution in [2.45, 2.75) is 51.1 Å². The van der Waals surface area contributed by atoms with Gasteiger partial charge in [-0.25, -0.2) is 4.99 Å². The fourth-order valence-electron chi connectivity index (χ4n) is 2.76. The van der Waals surface area contributed by atoms with Gasteiger partial charge in [0, 0.05) is 18.7 Å². The van der Waals surface area contributed by atoms with Crippen molar-refractivity contribution in [3.05, 3.63) is 35.4 Å². The molecule has 1 aliphatic carbocycles. The fourth-order valence-corrected chi connectivity index (χ4v) is 2.76. The van der Waals surface area contributed by atoms with Crippen LogP contribution >= 0.6 is 24.0 Å². The monoisotopic (exact) mass is 430 g/mol. The minimum Gasteiger partial charge on any atom is -0.370 e. The van der Waals surface area contributed by atoms with Gasteiger partial charge in [0.1, 0.15) is 0 Å². The van der Waals surface area contributed by atoms with E-state index in [2.05, 4.69) is 15.6 Å². The van der Waals surface area contributed by atoms with Crippen molar-refractivity contribution >= 4 is 35.8 Å². The highest BCUT2D eigenvalue weighted by Gasteiger charge is 2.12. The van der Waals surface area contributed by atoms with Crippen LogP contribution in [0.4, 0.5) is 0 Å².